The number of hydrogen-bond donors (Lipinski definition) is 3. The first-order chi connectivity index (χ1) is 9.40. The minimum atomic E-state index is -4.05. The molecule has 2 aromatic rings. The molecule has 0 radical (unpaired) electrons. The zero-order valence-electron chi connectivity index (χ0n) is 10.0. The first-order valence-electron chi connectivity index (χ1n) is 5.45. The van der Waals surface area contributed by atoms with Gasteiger partial charge in [0.05, 0.1) is 0 Å². The van der Waals surface area contributed by atoms with Gasteiger partial charge in [-0.05, 0) is 11.6 Å². The first kappa shape index (κ1) is 14.5. The van der Waals surface area contributed by atoms with Crippen molar-refractivity contribution in [2.45, 2.75) is 11.4 Å². The molecule has 0 saturated carbocycles. The van der Waals surface area contributed by atoms with E-state index in [9.17, 15) is 18.0 Å². The Bertz CT molecular complexity index is 841. The summed E-state index contributed by atoms with van der Waals surface area (Å²) in [5.74, 6) is 0. The van der Waals surface area contributed by atoms with Crippen molar-refractivity contribution in [3.8, 4) is 0 Å². The van der Waals surface area contributed by atoms with Crippen molar-refractivity contribution in [1.29, 1.82) is 0 Å². The molecule has 0 bridgehead atoms. The zero-order chi connectivity index (χ0) is 14.8. The quantitative estimate of drug-likeness (QED) is 0.748. The van der Waals surface area contributed by atoms with Gasteiger partial charge in [0.1, 0.15) is 0 Å². The molecular weight excluding hydrogens is 306 g/mol. The number of halogens is 1. The van der Waals surface area contributed by atoms with E-state index in [0.717, 1.165) is 6.20 Å². The van der Waals surface area contributed by atoms with Crippen molar-refractivity contribution in [2.24, 2.45) is 0 Å². The number of benzene rings is 1. The van der Waals surface area contributed by atoms with Crippen LogP contribution in [0.3, 0.4) is 0 Å². The van der Waals surface area contributed by atoms with E-state index in [4.69, 9.17) is 11.6 Å². The van der Waals surface area contributed by atoms with Crippen LogP contribution >= 0.6 is 11.6 Å². The molecule has 9 heteroatoms. The summed E-state index contributed by atoms with van der Waals surface area (Å²) in [5.41, 5.74) is -1.20. The lowest BCUT2D eigenvalue weighted by Gasteiger charge is -2.07. The van der Waals surface area contributed by atoms with Gasteiger partial charge in [-0.25, -0.2) is 17.9 Å². The predicted molar refractivity (Wildman–Crippen MR) is 73.2 cm³/mol. The largest absolute Gasteiger partial charge is 0.325 e. The lowest BCUT2D eigenvalue weighted by molar-refractivity contribution is 0.579. The molecule has 0 atom stereocenters. The number of rotatable bonds is 4. The molecule has 106 valence electrons. The van der Waals surface area contributed by atoms with E-state index in [1.165, 1.54) is 0 Å². The molecule has 0 saturated heterocycles. The van der Waals surface area contributed by atoms with E-state index in [2.05, 4.69) is 9.71 Å². The van der Waals surface area contributed by atoms with Crippen LogP contribution in [0.2, 0.25) is 5.02 Å². The molecule has 1 aromatic carbocycles. The van der Waals surface area contributed by atoms with Crippen molar-refractivity contribution in [2.75, 3.05) is 0 Å². The van der Waals surface area contributed by atoms with Crippen LogP contribution in [0.1, 0.15) is 5.56 Å². The average Bonchev–Trinajstić information content (AvgIpc) is 2.37. The van der Waals surface area contributed by atoms with Crippen molar-refractivity contribution in [3.05, 3.63) is 61.9 Å². The second-order valence-corrected chi connectivity index (χ2v) is 5.99. The van der Waals surface area contributed by atoms with Crippen LogP contribution in [0.5, 0.6) is 0 Å². The highest BCUT2D eigenvalue weighted by atomic mass is 35.5. The van der Waals surface area contributed by atoms with E-state index in [0.29, 0.717) is 10.6 Å². The van der Waals surface area contributed by atoms with E-state index < -0.39 is 26.2 Å². The number of sulfonamides is 1. The molecule has 0 fully saturated rings. The topological polar surface area (TPSA) is 112 Å². The molecule has 3 N–H and O–H groups in total. The fraction of sp³-hybridized carbons (Fsp3) is 0.0909. The van der Waals surface area contributed by atoms with Gasteiger partial charge in [0.15, 0.2) is 4.90 Å². The Hall–Kier alpha value is -1.90. The molecule has 0 unspecified atom stereocenters. The van der Waals surface area contributed by atoms with Crippen molar-refractivity contribution >= 4 is 21.6 Å². The van der Waals surface area contributed by atoms with Crippen molar-refractivity contribution < 1.29 is 8.42 Å². The number of H-pyrrole nitrogens is 2. The van der Waals surface area contributed by atoms with Gasteiger partial charge in [-0.1, -0.05) is 29.8 Å². The van der Waals surface area contributed by atoms with E-state index in [1.807, 2.05) is 4.98 Å². The Morgan fingerprint density at radius 2 is 1.90 bits per heavy atom. The van der Waals surface area contributed by atoms with Gasteiger partial charge in [-0.15, -0.1) is 0 Å². The third-order valence-electron chi connectivity index (χ3n) is 2.49. The highest BCUT2D eigenvalue weighted by molar-refractivity contribution is 7.89. The third kappa shape index (κ3) is 3.16. The summed E-state index contributed by atoms with van der Waals surface area (Å²) in [7, 11) is -4.05. The standard InChI is InChI=1S/C11H10ClN3O4S/c12-8-4-2-1-3-7(8)5-14-20(18,19)9-6-13-11(17)15-10(9)16/h1-4,6,14H,5H2,(H2,13,15,16,17). The van der Waals surface area contributed by atoms with Crippen LogP contribution in [0.25, 0.3) is 0 Å². The summed E-state index contributed by atoms with van der Waals surface area (Å²) in [6.07, 6.45) is 0.843. The van der Waals surface area contributed by atoms with E-state index in [-0.39, 0.29) is 6.54 Å². The molecular formula is C11H10ClN3O4S. The molecule has 0 aliphatic carbocycles. The van der Waals surface area contributed by atoms with Gasteiger partial charge in [0.2, 0.25) is 10.0 Å². The van der Waals surface area contributed by atoms with Gasteiger partial charge < -0.3 is 4.98 Å². The summed E-state index contributed by atoms with van der Waals surface area (Å²) in [6, 6.07) is 6.70. The van der Waals surface area contributed by atoms with Crippen LogP contribution < -0.4 is 16.0 Å². The molecule has 0 amide bonds. The van der Waals surface area contributed by atoms with E-state index >= 15 is 0 Å². The smallest absolute Gasteiger partial charge is 0.313 e. The molecule has 2 rings (SSSR count). The highest BCUT2D eigenvalue weighted by Crippen LogP contribution is 2.15. The van der Waals surface area contributed by atoms with Crippen LogP contribution in [0.15, 0.2) is 44.9 Å². The maximum Gasteiger partial charge on any atom is 0.325 e. The number of nitrogens with one attached hydrogen (secondary N) is 3. The summed E-state index contributed by atoms with van der Waals surface area (Å²) >= 11 is 5.90. The maximum absolute atomic E-state index is 12.0. The second-order valence-electron chi connectivity index (χ2n) is 3.85. The Labute approximate surface area is 118 Å². The summed E-state index contributed by atoms with van der Waals surface area (Å²) in [5, 5.41) is 0.408. The minimum Gasteiger partial charge on any atom is -0.313 e. The number of aromatic amines is 2. The van der Waals surface area contributed by atoms with Gasteiger partial charge in [0, 0.05) is 17.8 Å². The second kappa shape index (κ2) is 5.61. The SMILES string of the molecule is O=c1[nH]cc(S(=O)(=O)NCc2ccccc2Cl)c(=O)[nH]1. The average molecular weight is 316 g/mol. The maximum atomic E-state index is 12.0. The van der Waals surface area contributed by atoms with Gasteiger partial charge in [-0.2, -0.15) is 0 Å². The molecule has 0 spiro atoms. The molecule has 20 heavy (non-hydrogen) atoms. The summed E-state index contributed by atoms with van der Waals surface area (Å²) in [6.45, 7) is -0.0689. The van der Waals surface area contributed by atoms with Crippen LogP contribution in [-0.2, 0) is 16.6 Å². The molecule has 7 nitrogen and oxygen atoms in total. The van der Waals surface area contributed by atoms with Crippen LogP contribution in [-0.4, -0.2) is 18.4 Å². The Kier molecular flexibility index (Phi) is 4.07. The Balaban J connectivity index is 2.26. The van der Waals surface area contributed by atoms with Crippen molar-refractivity contribution in [3.63, 3.8) is 0 Å². The summed E-state index contributed by atoms with van der Waals surface area (Å²) < 4.78 is 26.1. The molecule has 1 heterocycles. The highest BCUT2D eigenvalue weighted by Gasteiger charge is 2.18. The summed E-state index contributed by atoms with van der Waals surface area (Å²) in [4.78, 5) is 25.7. The minimum absolute atomic E-state index is 0.0689. The number of aromatic nitrogens is 2. The van der Waals surface area contributed by atoms with Gasteiger partial charge in [-0.3, -0.25) is 9.78 Å². The fourth-order valence-corrected chi connectivity index (χ4v) is 2.70. The predicted octanol–water partition coefficient (Wildman–Crippen LogP) is 0.195. The lowest BCUT2D eigenvalue weighted by Crippen LogP contribution is -2.32. The van der Waals surface area contributed by atoms with Crippen LogP contribution in [0, 0.1) is 0 Å². The van der Waals surface area contributed by atoms with Gasteiger partial charge >= 0.3 is 5.69 Å². The zero-order valence-corrected chi connectivity index (χ0v) is 11.6. The molecule has 0 aliphatic heterocycles. The number of hydrogen-bond acceptors (Lipinski definition) is 4. The Morgan fingerprint density at radius 1 is 1.20 bits per heavy atom. The van der Waals surface area contributed by atoms with Crippen molar-refractivity contribution in [1.82, 2.24) is 14.7 Å². The normalized spacial score (nSPS) is 11.4. The van der Waals surface area contributed by atoms with Crippen LogP contribution in [0.4, 0.5) is 0 Å². The van der Waals surface area contributed by atoms with Gasteiger partial charge in [0.25, 0.3) is 5.56 Å². The lowest BCUT2D eigenvalue weighted by atomic mass is 10.2. The first-order valence-corrected chi connectivity index (χ1v) is 7.31. The van der Waals surface area contributed by atoms with E-state index in [1.54, 1.807) is 24.3 Å². The monoisotopic (exact) mass is 315 g/mol. The molecule has 1 aromatic heterocycles. The Morgan fingerprint density at radius 3 is 2.55 bits per heavy atom. The third-order valence-corrected chi connectivity index (χ3v) is 4.26. The molecule has 0 aliphatic rings. The fourth-order valence-electron chi connectivity index (χ4n) is 1.49.